The van der Waals surface area contributed by atoms with Crippen LogP contribution in [-0.4, -0.2) is 65.9 Å². The van der Waals surface area contributed by atoms with Gasteiger partial charge in [-0.1, -0.05) is 24.3 Å². The Balaban J connectivity index is 1.63. The van der Waals surface area contributed by atoms with Crippen LogP contribution in [0.3, 0.4) is 0 Å². The molecule has 5 rings (SSSR count). The molecule has 2 aromatic rings. The number of amides is 1. The fourth-order valence-electron chi connectivity index (χ4n) is 6.96. The second-order valence-electron chi connectivity index (χ2n) is 11.5. The van der Waals surface area contributed by atoms with E-state index in [2.05, 4.69) is 4.98 Å². The van der Waals surface area contributed by atoms with E-state index in [-0.39, 0.29) is 49.4 Å². The van der Waals surface area contributed by atoms with Crippen LogP contribution in [0.2, 0.25) is 0 Å². The smallest absolute Gasteiger partial charge is 0.435 e. The molecule has 16 heteroatoms. The highest BCUT2D eigenvalue weighted by molar-refractivity contribution is 7.92. The van der Waals surface area contributed by atoms with Crippen molar-refractivity contribution in [1.82, 2.24) is 9.88 Å². The molecule has 3 aliphatic rings. The minimum absolute atomic E-state index is 0.136. The average molecular weight is 655 g/mol. The number of pyridine rings is 1. The number of rotatable bonds is 5. The number of aryl methyl sites for hydroxylation is 1. The summed E-state index contributed by atoms with van der Waals surface area (Å²) in [6.07, 6.45) is -13.8. The van der Waals surface area contributed by atoms with Gasteiger partial charge >= 0.3 is 24.0 Å². The number of sulfone groups is 1. The molecule has 1 saturated carbocycles. The quantitative estimate of drug-likeness (QED) is 0.423. The Labute approximate surface area is 246 Å². The number of carboxylic acid groups (broad SMARTS) is 1. The zero-order valence-corrected chi connectivity index (χ0v) is 23.6. The highest BCUT2D eigenvalue weighted by atomic mass is 32.2. The second-order valence-corrected chi connectivity index (χ2v) is 13.6. The van der Waals surface area contributed by atoms with Gasteiger partial charge in [0.1, 0.15) is 4.75 Å². The number of aliphatic carboxylic acids is 1. The summed E-state index contributed by atoms with van der Waals surface area (Å²) >= 11 is 0. The monoisotopic (exact) mass is 654 g/mol. The minimum Gasteiger partial charge on any atom is -0.481 e. The molecule has 1 N–H and O–H groups in total. The minimum atomic E-state index is -6.39. The summed E-state index contributed by atoms with van der Waals surface area (Å²) in [5, 5.41) is 8.77. The summed E-state index contributed by atoms with van der Waals surface area (Å²) in [6.45, 7) is -0.330. The van der Waals surface area contributed by atoms with Gasteiger partial charge in [-0.15, -0.1) is 0 Å². The first-order chi connectivity index (χ1) is 20.3. The molecule has 7 nitrogen and oxygen atoms in total. The van der Waals surface area contributed by atoms with Crippen molar-refractivity contribution in [1.29, 1.82) is 0 Å². The summed E-state index contributed by atoms with van der Waals surface area (Å²) in [6, 6.07) is 3.90. The maximum atomic E-state index is 16.1. The lowest BCUT2D eigenvalue weighted by Crippen LogP contribution is -2.56. The summed E-state index contributed by atoms with van der Waals surface area (Å²) in [7, 11) is -4.66. The molecule has 0 radical (unpaired) electrons. The van der Waals surface area contributed by atoms with E-state index in [4.69, 9.17) is 0 Å². The number of carbonyl (C=O) groups excluding carboxylic acids is 1. The number of halogens is 8. The van der Waals surface area contributed by atoms with Gasteiger partial charge in [0.25, 0.3) is 5.91 Å². The predicted octanol–water partition coefficient (Wildman–Crippen LogP) is 5.57. The van der Waals surface area contributed by atoms with E-state index in [1.807, 2.05) is 0 Å². The van der Waals surface area contributed by atoms with Gasteiger partial charge in [-0.05, 0) is 68.2 Å². The molecular formula is C28H26F8N2O5S. The maximum absolute atomic E-state index is 16.1. The van der Waals surface area contributed by atoms with Crippen molar-refractivity contribution in [2.75, 3.05) is 6.54 Å². The largest absolute Gasteiger partial charge is 0.481 e. The van der Waals surface area contributed by atoms with Crippen LogP contribution in [0.15, 0.2) is 47.6 Å². The van der Waals surface area contributed by atoms with E-state index in [1.54, 1.807) is 0 Å². The van der Waals surface area contributed by atoms with Gasteiger partial charge in [0.15, 0.2) is 10.7 Å². The first-order valence-corrected chi connectivity index (χ1v) is 15.1. The number of nitrogens with zero attached hydrogens (tertiary/aromatic N) is 2. The summed E-state index contributed by atoms with van der Waals surface area (Å²) in [5.74, 6) is -3.07. The van der Waals surface area contributed by atoms with Crippen molar-refractivity contribution in [3.63, 3.8) is 0 Å². The Hall–Kier alpha value is -3.30. The Morgan fingerprint density at radius 2 is 1.57 bits per heavy atom. The third kappa shape index (κ3) is 4.57. The van der Waals surface area contributed by atoms with Gasteiger partial charge in [0.2, 0.25) is 9.84 Å². The lowest BCUT2D eigenvalue weighted by Gasteiger charge is -2.44. The van der Waals surface area contributed by atoms with Gasteiger partial charge in [-0.3, -0.25) is 9.59 Å². The number of carbonyl (C=O) groups is 2. The molecule has 2 aliphatic carbocycles. The summed E-state index contributed by atoms with van der Waals surface area (Å²) in [4.78, 5) is 29.9. The van der Waals surface area contributed by atoms with Crippen molar-refractivity contribution in [3.8, 4) is 0 Å². The Morgan fingerprint density at radius 1 is 0.932 bits per heavy atom. The highest BCUT2D eigenvalue weighted by Crippen LogP contribution is 2.57. The van der Waals surface area contributed by atoms with Gasteiger partial charge in [0.05, 0.1) is 12.0 Å². The Morgan fingerprint density at radius 3 is 2.11 bits per heavy atom. The van der Waals surface area contributed by atoms with E-state index >= 15 is 4.39 Å². The number of hydrogen-bond acceptors (Lipinski definition) is 5. The number of alkyl halides is 8. The van der Waals surface area contributed by atoms with Crippen LogP contribution in [-0.2, 0) is 36.3 Å². The summed E-state index contributed by atoms with van der Waals surface area (Å²) in [5.41, 5.74) is -10.5. The molecule has 44 heavy (non-hydrogen) atoms. The Bertz CT molecular complexity index is 1560. The SMILES string of the molecule is O=C(O)C1CCC(F)(C(=O)N2CCC3(S(=O)(=O)c4ccccn4)c4ccc(C(F)(C(F)(F)F)C(F)(F)F)cc4CCC23)CC1. The predicted molar refractivity (Wildman–Crippen MR) is 136 cm³/mol. The standard InChI is InChI=1S/C28H26F8N2O5S/c29-24(10-8-16(9-11-24)22(39)40)23(41)38-14-12-25(44(42,43)21-3-1-2-13-37-21)19-6-5-18(15-17(19)4-7-20(25)38)26(30,27(31,32)33)28(34,35)36/h1-3,5-6,13,15-16,20H,4,7-12,14H2,(H,39,40). The third-order valence-corrected chi connectivity index (χ3v) is 11.7. The molecule has 0 bridgehead atoms. The molecule has 1 amide bonds. The van der Waals surface area contributed by atoms with Crippen LogP contribution >= 0.6 is 0 Å². The number of benzene rings is 1. The van der Waals surface area contributed by atoms with Crippen molar-refractivity contribution in [2.24, 2.45) is 5.92 Å². The van der Waals surface area contributed by atoms with E-state index in [0.29, 0.717) is 12.1 Å². The van der Waals surface area contributed by atoms with Crippen LogP contribution in [0, 0.1) is 5.92 Å². The van der Waals surface area contributed by atoms with E-state index in [9.17, 15) is 53.8 Å². The first-order valence-electron chi connectivity index (χ1n) is 13.7. The topological polar surface area (TPSA) is 105 Å². The first kappa shape index (κ1) is 32.1. The van der Waals surface area contributed by atoms with Gasteiger partial charge in [0, 0.05) is 18.3 Å². The molecule has 2 atom stereocenters. The fraction of sp³-hybridized carbons (Fsp3) is 0.536. The molecule has 1 aliphatic heterocycles. The van der Waals surface area contributed by atoms with Gasteiger partial charge in [-0.2, -0.15) is 26.3 Å². The Kier molecular flexibility index (Phi) is 7.57. The summed E-state index contributed by atoms with van der Waals surface area (Å²) < 4.78 is 139. The van der Waals surface area contributed by atoms with Crippen LogP contribution in [0.25, 0.3) is 0 Å². The fourth-order valence-corrected chi connectivity index (χ4v) is 9.24. The molecule has 1 aromatic carbocycles. The lowest BCUT2D eigenvalue weighted by atomic mass is 9.76. The molecule has 2 unspecified atom stereocenters. The van der Waals surface area contributed by atoms with Gasteiger partial charge in [-0.25, -0.2) is 22.2 Å². The van der Waals surface area contributed by atoms with Crippen LogP contribution in [0.5, 0.6) is 0 Å². The number of hydrogen-bond donors (Lipinski definition) is 1. The van der Waals surface area contributed by atoms with Gasteiger partial charge < -0.3 is 10.0 Å². The molecule has 0 spiro atoms. The van der Waals surface area contributed by atoms with Crippen molar-refractivity contribution >= 4 is 21.7 Å². The van der Waals surface area contributed by atoms with Crippen LogP contribution < -0.4 is 0 Å². The van der Waals surface area contributed by atoms with E-state index < -0.39 is 92.0 Å². The number of likely N-dealkylation sites (tertiary alicyclic amines) is 1. The van der Waals surface area contributed by atoms with Crippen LogP contribution in [0.1, 0.15) is 55.2 Å². The normalized spacial score (nSPS) is 27.9. The zero-order valence-electron chi connectivity index (χ0n) is 22.8. The average Bonchev–Trinajstić information content (AvgIpc) is 3.37. The maximum Gasteiger partial charge on any atom is 0.435 e. The molecule has 240 valence electrons. The number of aromatic nitrogens is 1. The third-order valence-electron chi connectivity index (χ3n) is 9.23. The highest BCUT2D eigenvalue weighted by Gasteiger charge is 2.74. The van der Waals surface area contributed by atoms with E-state index in [1.165, 1.54) is 12.1 Å². The van der Waals surface area contributed by atoms with Crippen molar-refractivity contribution in [2.45, 2.75) is 84.5 Å². The molecule has 2 fully saturated rings. The molecule has 1 aromatic heterocycles. The number of fused-ring (bicyclic) bond motifs is 3. The second kappa shape index (κ2) is 10.4. The van der Waals surface area contributed by atoms with Crippen molar-refractivity contribution < 1.29 is 58.2 Å². The molecule has 1 saturated heterocycles. The molecule has 2 heterocycles. The number of carboxylic acids is 1. The lowest BCUT2D eigenvalue weighted by molar-refractivity contribution is -0.348. The zero-order chi connectivity index (χ0) is 32.5. The van der Waals surface area contributed by atoms with E-state index in [0.717, 1.165) is 17.2 Å². The van der Waals surface area contributed by atoms with Crippen molar-refractivity contribution in [3.05, 3.63) is 59.3 Å². The van der Waals surface area contributed by atoms with Crippen LogP contribution in [0.4, 0.5) is 35.1 Å². The molecular weight excluding hydrogens is 628 g/mol.